The van der Waals surface area contributed by atoms with Gasteiger partial charge in [-0.25, -0.2) is 13.2 Å². The SMILES string of the molecule is CCOC(=O)C1=Cc2c(cc(Cl)c(Cl)c2Cl)N(S(=O)(=O)c2ccc(C)cc2)C1. The highest BCUT2D eigenvalue weighted by molar-refractivity contribution is 7.92. The molecule has 5 nitrogen and oxygen atoms in total. The smallest absolute Gasteiger partial charge is 0.335 e. The zero-order valence-corrected chi connectivity index (χ0v) is 18.1. The predicted molar refractivity (Wildman–Crippen MR) is 112 cm³/mol. The van der Waals surface area contributed by atoms with Gasteiger partial charge in [-0.15, -0.1) is 0 Å². The Morgan fingerprint density at radius 2 is 1.79 bits per heavy atom. The lowest BCUT2D eigenvalue weighted by molar-refractivity contribution is -0.138. The first-order valence-corrected chi connectivity index (χ1v) is 10.9. The van der Waals surface area contributed by atoms with Gasteiger partial charge < -0.3 is 4.74 Å². The van der Waals surface area contributed by atoms with Gasteiger partial charge in [0.1, 0.15) is 0 Å². The molecule has 0 fully saturated rings. The Labute approximate surface area is 178 Å². The first kappa shape index (κ1) is 21.0. The molecule has 0 amide bonds. The molecule has 3 rings (SSSR count). The van der Waals surface area contributed by atoms with Gasteiger partial charge in [0.25, 0.3) is 10.0 Å². The van der Waals surface area contributed by atoms with E-state index in [0.717, 1.165) is 9.87 Å². The lowest BCUT2D eigenvalue weighted by atomic mass is 10.0. The van der Waals surface area contributed by atoms with Gasteiger partial charge in [0.2, 0.25) is 0 Å². The summed E-state index contributed by atoms with van der Waals surface area (Å²) in [7, 11) is -4.00. The van der Waals surface area contributed by atoms with Crippen LogP contribution in [0.4, 0.5) is 5.69 Å². The number of esters is 1. The molecule has 2 aromatic carbocycles. The predicted octanol–water partition coefficient (Wildman–Crippen LogP) is 5.11. The fraction of sp³-hybridized carbons (Fsp3) is 0.211. The number of hydrogen-bond acceptors (Lipinski definition) is 4. The summed E-state index contributed by atoms with van der Waals surface area (Å²) in [4.78, 5) is 12.4. The highest BCUT2D eigenvalue weighted by atomic mass is 35.5. The molecule has 0 saturated carbocycles. The normalized spacial score (nSPS) is 13.8. The third kappa shape index (κ3) is 3.74. The summed E-state index contributed by atoms with van der Waals surface area (Å²) >= 11 is 18.6. The summed E-state index contributed by atoms with van der Waals surface area (Å²) in [5.41, 5.74) is 1.60. The van der Waals surface area contributed by atoms with Crippen LogP contribution in [-0.4, -0.2) is 27.5 Å². The molecule has 0 N–H and O–H groups in total. The van der Waals surface area contributed by atoms with Gasteiger partial charge >= 0.3 is 5.97 Å². The molecule has 1 heterocycles. The molecule has 28 heavy (non-hydrogen) atoms. The number of rotatable bonds is 4. The maximum absolute atomic E-state index is 13.3. The Balaban J connectivity index is 2.21. The van der Waals surface area contributed by atoms with E-state index in [9.17, 15) is 13.2 Å². The number of carbonyl (C=O) groups is 1. The maximum atomic E-state index is 13.3. The number of ether oxygens (including phenoxy) is 1. The number of benzene rings is 2. The first-order chi connectivity index (χ1) is 13.2. The van der Waals surface area contributed by atoms with E-state index in [2.05, 4.69) is 0 Å². The second kappa shape index (κ2) is 7.95. The molecular formula is C19H16Cl3NO4S. The van der Waals surface area contributed by atoms with Gasteiger partial charge in [-0.3, -0.25) is 4.31 Å². The lowest BCUT2D eigenvalue weighted by Crippen LogP contribution is -2.37. The van der Waals surface area contributed by atoms with Crippen LogP contribution < -0.4 is 4.31 Å². The topological polar surface area (TPSA) is 63.7 Å². The minimum atomic E-state index is -4.00. The van der Waals surface area contributed by atoms with Crippen molar-refractivity contribution < 1.29 is 17.9 Å². The Morgan fingerprint density at radius 3 is 2.39 bits per heavy atom. The Morgan fingerprint density at radius 1 is 1.14 bits per heavy atom. The van der Waals surface area contributed by atoms with Crippen LogP contribution in [0.5, 0.6) is 0 Å². The van der Waals surface area contributed by atoms with Gasteiger partial charge in [-0.1, -0.05) is 52.5 Å². The van der Waals surface area contributed by atoms with Crippen LogP contribution in [0.25, 0.3) is 6.08 Å². The fourth-order valence-electron chi connectivity index (χ4n) is 2.80. The number of aryl methyl sites for hydroxylation is 1. The average Bonchev–Trinajstić information content (AvgIpc) is 2.66. The molecule has 0 spiro atoms. The molecule has 9 heteroatoms. The van der Waals surface area contributed by atoms with Gasteiger partial charge in [-0.05, 0) is 38.1 Å². The minimum absolute atomic E-state index is 0.0646. The standard InChI is InChI=1S/C19H16Cl3NO4S/c1-3-27-19(24)12-8-14-16(9-15(20)18(22)17(14)21)23(10-12)28(25,26)13-6-4-11(2)5-7-13/h4-9H,3,10H2,1-2H3. The molecular weight excluding hydrogens is 445 g/mol. The molecule has 2 aromatic rings. The highest BCUT2D eigenvalue weighted by Gasteiger charge is 2.34. The van der Waals surface area contributed by atoms with Crippen LogP contribution in [0.1, 0.15) is 18.1 Å². The molecule has 0 atom stereocenters. The molecule has 0 aromatic heterocycles. The maximum Gasteiger partial charge on any atom is 0.335 e. The van der Waals surface area contributed by atoms with Crippen LogP contribution in [0.3, 0.4) is 0 Å². The Kier molecular flexibility index (Phi) is 5.96. The van der Waals surface area contributed by atoms with Crippen LogP contribution in [0.2, 0.25) is 15.1 Å². The molecule has 0 bridgehead atoms. The van der Waals surface area contributed by atoms with Crippen LogP contribution >= 0.6 is 34.8 Å². The number of anilines is 1. The zero-order valence-electron chi connectivity index (χ0n) is 15.0. The summed E-state index contributed by atoms with van der Waals surface area (Å²) in [6.07, 6.45) is 1.49. The van der Waals surface area contributed by atoms with Crippen molar-refractivity contribution in [2.24, 2.45) is 0 Å². The molecule has 1 aliphatic rings. The molecule has 0 saturated heterocycles. The van der Waals surface area contributed by atoms with Crippen molar-refractivity contribution in [1.29, 1.82) is 0 Å². The number of halogens is 3. The summed E-state index contributed by atoms with van der Waals surface area (Å²) in [5.74, 6) is -0.626. The third-order valence-corrected chi connectivity index (χ3v) is 7.28. The quantitative estimate of drug-likeness (QED) is 0.470. The Bertz CT molecular complexity index is 1080. The monoisotopic (exact) mass is 459 g/mol. The largest absolute Gasteiger partial charge is 0.463 e. The number of nitrogens with zero attached hydrogens (tertiary/aromatic N) is 1. The molecule has 0 radical (unpaired) electrons. The lowest BCUT2D eigenvalue weighted by Gasteiger charge is -2.31. The Hall–Kier alpha value is -1.73. The third-order valence-electron chi connectivity index (χ3n) is 4.23. The minimum Gasteiger partial charge on any atom is -0.463 e. The second-order valence-corrected chi connectivity index (χ2v) is 9.16. The summed E-state index contributed by atoms with van der Waals surface area (Å²) in [6.45, 7) is 3.47. The highest BCUT2D eigenvalue weighted by Crippen LogP contribution is 2.44. The second-order valence-electron chi connectivity index (χ2n) is 6.13. The fourth-order valence-corrected chi connectivity index (χ4v) is 4.91. The van der Waals surface area contributed by atoms with Crippen molar-refractivity contribution in [2.45, 2.75) is 18.7 Å². The van der Waals surface area contributed by atoms with Crippen LogP contribution in [-0.2, 0) is 19.6 Å². The number of fused-ring (bicyclic) bond motifs is 1. The van der Waals surface area contributed by atoms with E-state index in [-0.39, 0.29) is 44.4 Å². The number of sulfonamides is 1. The summed E-state index contributed by atoms with van der Waals surface area (Å²) < 4.78 is 32.8. The van der Waals surface area contributed by atoms with Gasteiger partial charge in [-0.2, -0.15) is 0 Å². The van der Waals surface area contributed by atoms with Crippen molar-refractivity contribution >= 4 is 62.6 Å². The van der Waals surface area contributed by atoms with Crippen molar-refractivity contribution in [1.82, 2.24) is 0 Å². The summed E-state index contributed by atoms with van der Waals surface area (Å²) in [5, 5.41) is 0.258. The van der Waals surface area contributed by atoms with E-state index in [4.69, 9.17) is 39.5 Å². The molecule has 0 aliphatic carbocycles. The van der Waals surface area contributed by atoms with Crippen molar-refractivity contribution in [3.05, 3.63) is 62.1 Å². The average molecular weight is 461 g/mol. The summed E-state index contributed by atoms with van der Waals surface area (Å²) in [6, 6.07) is 7.83. The molecule has 0 unspecified atom stereocenters. The zero-order chi connectivity index (χ0) is 20.6. The number of carbonyl (C=O) groups excluding carboxylic acids is 1. The van der Waals surface area contributed by atoms with Gasteiger partial charge in [0.15, 0.2) is 0 Å². The van der Waals surface area contributed by atoms with E-state index in [1.54, 1.807) is 19.1 Å². The van der Waals surface area contributed by atoms with Gasteiger partial charge in [0, 0.05) is 5.56 Å². The van der Waals surface area contributed by atoms with E-state index >= 15 is 0 Å². The van der Waals surface area contributed by atoms with Crippen molar-refractivity contribution in [3.63, 3.8) is 0 Å². The van der Waals surface area contributed by atoms with E-state index in [1.807, 2.05) is 6.92 Å². The van der Waals surface area contributed by atoms with Crippen molar-refractivity contribution in [2.75, 3.05) is 17.5 Å². The molecule has 148 valence electrons. The van der Waals surface area contributed by atoms with Crippen molar-refractivity contribution in [3.8, 4) is 0 Å². The first-order valence-electron chi connectivity index (χ1n) is 8.31. The van der Waals surface area contributed by atoms with E-state index in [0.29, 0.717) is 5.56 Å². The van der Waals surface area contributed by atoms with E-state index in [1.165, 1.54) is 24.3 Å². The molecule has 1 aliphatic heterocycles. The van der Waals surface area contributed by atoms with E-state index < -0.39 is 16.0 Å². The number of hydrogen-bond donors (Lipinski definition) is 0. The van der Waals surface area contributed by atoms with Gasteiger partial charge in [0.05, 0.1) is 44.4 Å². The van der Waals surface area contributed by atoms with Crippen LogP contribution in [0, 0.1) is 6.92 Å². The van der Waals surface area contributed by atoms with Crippen LogP contribution in [0.15, 0.2) is 40.8 Å².